The molecular weight excluding hydrogens is 203 g/mol. The summed E-state index contributed by atoms with van der Waals surface area (Å²) in [4.78, 5) is 0. The van der Waals surface area contributed by atoms with Crippen molar-refractivity contribution in [2.45, 2.75) is 26.1 Å². The summed E-state index contributed by atoms with van der Waals surface area (Å²) in [6, 6.07) is 22.0. The van der Waals surface area contributed by atoms with Gasteiger partial charge < -0.3 is 0 Å². The van der Waals surface area contributed by atoms with Gasteiger partial charge in [0.2, 0.25) is 0 Å². The van der Waals surface area contributed by atoms with Crippen LogP contribution in [-0.4, -0.2) is 6.71 Å². The fourth-order valence-corrected chi connectivity index (χ4v) is 2.67. The average Bonchev–Trinajstić information content (AvgIpc) is 2.42. The van der Waals surface area contributed by atoms with Gasteiger partial charge in [-0.25, -0.2) is 10.9 Å². The quantitative estimate of drug-likeness (QED) is 0.684. The van der Waals surface area contributed by atoms with Crippen LogP contribution in [0.25, 0.3) is 0 Å². The van der Waals surface area contributed by atoms with Crippen molar-refractivity contribution < 1.29 is 0 Å². The van der Waals surface area contributed by atoms with Crippen molar-refractivity contribution in [1.82, 2.24) is 0 Å². The van der Waals surface area contributed by atoms with Gasteiger partial charge in [0.1, 0.15) is 0 Å². The van der Waals surface area contributed by atoms with Crippen molar-refractivity contribution >= 4 is 17.6 Å². The Labute approximate surface area is 105 Å². The fourth-order valence-electron chi connectivity index (χ4n) is 2.67. The molecule has 2 aromatic carbocycles. The van der Waals surface area contributed by atoms with Crippen LogP contribution in [0.5, 0.6) is 0 Å². The molecule has 0 radical (unpaired) electrons. The fraction of sp³-hybridized carbons (Fsp3) is 0.250. The standard InChI is InChI=1S/C16H20B/c1-2-3-14-17(15-10-6-4-7-11-15)16-12-8-5-9-13-16/h4-13,17H,2-3,14H2,1H3/q-1. The van der Waals surface area contributed by atoms with Crippen LogP contribution in [0.3, 0.4) is 0 Å². The van der Waals surface area contributed by atoms with E-state index in [1.807, 2.05) is 0 Å². The van der Waals surface area contributed by atoms with Crippen LogP contribution in [0.4, 0.5) is 0 Å². The Morgan fingerprint density at radius 2 is 1.24 bits per heavy atom. The van der Waals surface area contributed by atoms with Gasteiger partial charge in [0, 0.05) is 6.71 Å². The van der Waals surface area contributed by atoms with Gasteiger partial charge in [-0.15, -0.1) is 0 Å². The molecule has 17 heavy (non-hydrogen) atoms. The SMILES string of the molecule is CCCC[BH-](c1ccccc1)c1ccccc1. The lowest BCUT2D eigenvalue weighted by atomic mass is 9.38. The Hall–Kier alpha value is -1.50. The van der Waals surface area contributed by atoms with Crippen molar-refractivity contribution in [3.63, 3.8) is 0 Å². The van der Waals surface area contributed by atoms with Crippen LogP contribution >= 0.6 is 0 Å². The van der Waals surface area contributed by atoms with Crippen LogP contribution in [0.2, 0.25) is 6.32 Å². The first-order valence-corrected chi connectivity index (χ1v) is 6.74. The van der Waals surface area contributed by atoms with Crippen molar-refractivity contribution in [2.75, 3.05) is 0 Å². The Bertz CT molecular complexity index is 382. The van der Waals surface area contributed by atoms with Gasteiger partial charge >= 0.3 is 0 Å². The zero-order valence-electron chi connectivity index (χ0n) is 10.6. The molecule has 0 nitrogen and oxygen atoms in total. The van der Waals surface area contributed by atoms with Gasteiger partial charge in [-0.2, -0.15) is 6.32 Å². The molecule has 0 aromatic heterocycles. The number of hydrogen-bond donors (Lipinski definition) is 0. The second kappa shape index (κ2) is 6.29. The second-order valence-electron chi connectivity index (χ2n) is 4.86. The highest BCUT2D eigenvalue weighted by molar-refractivity contribution is 6.85. The highest BCUT2D eigenvalue weighted by Crippen LogP contribution is 2.03. The van der Waals surface area contributed by atoms with E-state index in [1.54, 1.807) is 0 Å². The molecule has 0 atom stereocenters. The summed E-state index contributed by atoms with van der Waals surface area (Å²) < 4.78 is 0. The molecule has 0 unspecified atom stereocenters. The van der Waals surface area contributed by atoms with E-state index >= 15 is 0 Å². The van der Waals surface area contributed by atoms with E-state index in [2.05, 4.69) is 67.6 Å². The van der Waals surface area contributed by atoms with E-state index in [1.165, 1.54) is 30.1 Å². The van der Waals surface area contributed by atoms with E-state index in [-0.39, 0.29) is 6.71 Å². The summed E-state index contributed by atoms with van der Waals surface area (Å²) in [7, 11) is 0. The molecule has 0 fully saturated rings. The van der Waals surface area contributed by atoms with Gasteiger partial charge in [0.25, 0.3) is 0 Å². The minimum atomic E-state index is -0.360. The molecule has 88 valence electrons. The monoisotopic (exact) mass is 223 g/mol. The second-order valence-corrected chi connectivity index (χ2v) is 4.86. The molecular formula is C16H20B-. The molecule has 0 aliphatic carbocycles. The molecule has 0 aliphatic rings. The third-order valence-corrected chi connectivity index (χ3v) is 3.63. The Morgan fingerprint density at radius 3 is 1.65 bits per heavy atom. The Kier molecular flexibility index (Phi) is 4.43. The molecule has 0 N–H and O–H groups in total. The van der Waals surface area contributed by atoms with E-state index in [4.69, 9.17) is 0 Å². The minimum absolute atomic E-state index is 0.360. The third kappa shape index (κ3) is 3.23. The van der Waals surface area contributed by atoms with E-state index in [9.17, 15) is 0 Å². The molecule has 2 rings (SSSR count). The maximum Gasteiger partial charge on any atom is 0.0396 e. The maximum atomic E-state index is 2.28. The van der Waals surface area contributed by atoms with Crippen LogP contribution < -0.4 is 10.9 Å². The van der Waals surface area contributed by atoms with Gasteiger partial charge in [-0.3, -0.25) is 0 Å². The third-order valence-electron chi connectivity index (χ3n) is 3.63. The van der Waals surface area contributed by atoms with Crippen LogP contribution in [0.15, 0.2) is 60.7 Å². The van der Waals surface area contributed by atoms with E-state index in [0.717, 1.165) is 0 Å². The molecule has 0 bridgehead atoms. The molecule has 2 aromatic rings. The lowest BCUT2D eigenvalue weighted by Gasteiger charge is -2.24. The lowest BCUT2D eigenvalue weighted by Crippen LogP contribution is -2.41. The zero-order valence-corrected chi connectivity index (χ0v) is 10.6. The lowest BCUT2D eigenvalue weighted by molar-refractivity contribution is 0.878. The normalized spacial score (nSPS) is 10.7. The largest absolute Gasteiger partial charge is 0.208 e. The summed E-state index contributed by atoms with van der Waals surface area (Å²) in [6.07, 6.45) is 3.93. The predicted molar refractivity (Wildman–Crippen MR) is 79.0 cm³/mol. The first-order valence-electron chi connectivity index (χ1n) is 6.74. The van der Waals surface area contributed by atoms with Crippen molar-refractivity contribution in [3.05, 3.63) is 60.7 Å². The number of rotatable bonds is 5. The van der Waals surface area contributed by atoms with E-state index in [0.29, 0.717) is 0 Å². The zero-order chi connectivity index (χ0) is 11.9. The minimum Gasteiger partial charge on any atom is -0.208 e. The molecule has 0 amide bonds. The maximum absolute atomic E-state index is 2.28. The van der Waals surface area contributed by atoms with E-state index < -0.39 is 0 Å². The van der Waals surface area contributed by atoms with Crippen molar-refractivity contribution in [2.24, 2.45) is 0 Å². The molecule has 0 heterocycles. The summed E-state index contributed by atoms with van der Waals surface area (Å²) >= 11 is 0. The molecule has 0 aliphatic heterocycles. The first-order chi connectivity index (χ1) is 8.42. The summed E-state index contributed by atoms with van der Waals surface area (Å²) in [5.74, 6) is 0. The molecule has 1 heteroatoms. The molecule has 0 saturated carbocycles. The number of benzene rings is 2. The Morgan fingerprint density at radius 1 is 0.765 bits per heavy atom. The average molecular weight is 223 g/mol. The van der Waals surface area contributed by atoms with Crippen molar-refractivity contribution in [3.8, 4) is 0 Å². The summed E-state index contributed by atoms with van der Waals surface area (Å²) in [5, 5.41) is 0. The number of hydrogen-bond acceptors (Lipinski definition) is 0. The summed E-state index contributed by atoms with van der Waals surface area (Å²) in [6.45, 7) is 1.91. The first kappa shape index (κ1) is 12.0. The van der Waals surface area contributed by atoms with Crippen LogP contribution in [-0.2, 0) is 0 Å². The smallest absolute Gasteiger partial charge is 0.0396 e. The van der Waals surface area contributed by atoms with Gasteiger partial charge in [0.15, 0.2) is 0 Å². The Balaban J connectivity index is 2.26. The van der Waals surface area contributed by atoms with Gasteiger partial charge in [-0.05, 0) is 0 Å². The highest BCUT2D eigenvalue weighted by atomic mass is 13.9. The summed E-state index contributed by atoms with van der Waals surface area (Å²) in [5.41, 5.74) is 3.04. The van der Waals surface area contributed by atoms with Crippen molar-refractivity contribution in [1.29, 1.82) is 0 Å². The van der Waals surface area contributed by atoms with Crippen LogP contribution in [0, 0.1) is 0 Å². The predicted octanol–water partition coefficient (Wildman–Crippen LogP) is 2.83. The molecule has 0 spiro atoms. The van der Waals surface area contributed by atoms with Gasteiger partial charge in [0.05, 0.1) is 0 Å². The molecule has 0 saturated heterocycles. The topological polar surface area (TPSA) is 0 Å². The van der Waals surface area contributed by atoms with Gasteiger partial charge in [-0.1, -0.05) is 80.4 Å². The highest BCUT2D eigenvalue weighted by Gasteiger charge is 2.05. The number of unbranched alkanes of at least 4 members (excludes halogenated alkanes) is 1. The van der Waals surface area contributed by atoms with Crippen LogP contribution in [0.1, 0.15) is 19.8 Å².